The van der Waals surface area contributed by atoms with Gasteiger partial charge in [-0.3, -0.25) is 4.79 Å². The van der Waals surface area contributed by atoms with Gasteiger partial charge >= 0.3 is 0 Å². The van der Waals surface area contributed by atoms with Crippen molar-refractivity contribution in [3.05, 3.63) is 44.4 Å². The number of thiazole rings is 1. The number of benzene rings is 1. The summed E-state index contributed by atoms with van der Waals surface area (Å²) in [6.07, 6.45) is 0. The summed E-state index contributed by atoms with van der Waals surface area (Å²) in [7, 11) is 0. The third-order valence-electron chi connectivity index (χ3n) is 3.21. The predicted molar refractivity (Wildman–Crippen MR) is 91.1 cm³/mol. The minimum Gasteiger partial charge on any atom is -0.435 e. The Morgan fingerprint density at radius 3 is 2.55 bits per heavy atom. The van der Waals surface area contributed by atoms with Crippen molar-refractivity contribution < 1.29 is 9.53 Å². The SMILES string of the molecule is CC(=O)c1sc(C)nc1Oc1c(C)nc(Br)c2ccccc12. The van der Waals surface area contributed by atoms with Gasteiger partial charge in [-0.15, -0.1) is 11.3 Å². The highest BCUT2D eigenvalue weighted by atomic mass is 79.9. The van der Waals surface area contributed by atoms with Gasteiger partial charge in [0.05, 0.1) is 10.7 Å². The van der Waals surface area contributed by atoms with Crippen molar-refractivity contribution in [1.82, 2.24) is 9.97 Å². The second-order valence-corrected chi connectivity index (χ2v) is 6.84. The molecule has 0 saturated heterocycles. The monoisotopic (exact) mass is 376 g/mol. The van der Waals surface area contributed by atoms with Gasteiger partial charge in [0.15, 0.2) is 11.5 Å². The molecule has 0 aliphatic rings. The van der Waals surface area contributed by atoms with Crippen LogP contribution in [0.4, 0.5) is 0 Å². The minimum atomic E-state index is -0.0485. The molecular weight excluding hydrogens is 364 g/mol. The van der Waals surface area contributed by atoms with Gasteiger partial charge in [0.25, 0.3) is 0 Å². The van der Waals surface area contributed by atoms with Gasteiger partial charge < -0.3 is 4.74 Å². The maximum absolute atomic E-state index is 11.7. The summed E-state index contributed by atoms with van der Waals surface area (Å²) in [5, 5.41) is 2.69. The van der Waals surface area contributed by atoms with Crippen LogP contribution in [0, 0.1) is 13.8 Å². The molecular formula is C16H13BrN2O2S. The fourth-order valence-electron chi connectivity index (χ4n) is 2.24. The summed E-state index contributed by atoms with van der Waals surface area (Å²) in [5.41, 5.74) is 0.741. The highest BCUT2D eigenvalue weighted by molar-refractivity contribution is 9.10. The standard InChI is InChI=1S/C16H13BrN2O2S/c1-8-13(11-6-4-5-7-12(11)15(17)18-8)21-16-14(9(2)20)22-10(3)19-16/h4-7H,1-3H3. The second-order valence-electron chi connectivity index (χ2n) is 4.89. The molecule has 0 radical (unpaired) electrons. The average molecular weight is 377 g/mol. The van der Waals surface area contributed by atoms with Crippen LogP contribution in [-0.2, 0) is 0 Å². The number of carbonyl (C=O) groups excluding carboxylic acids is 1. The number of halogens is 1. The van der Waals surface area contributed by atoms with Gasteiger partial charge in [0.1, 0.15) is 9.48 Å². The number of aromatic nitrogens is 2. The Bertz CT molecular complexity index is 889. The number of hydrogen-bond donors (Lipinski definition) is 0. The molecule has 0 aliphatic carbocycles. The molecule has 0 bridgehead atoms. The highest BCUT2D eigenvalue weighted by Gasteiger charge is 2.19. The average Bonchev–Trinajstić information content (AvgIpc) is 2.84. The van der Waals surface area contributed by atoms with Crippen LogP contribution in [0.3, 0.4) is 0 Å². The quantitative estimate of drug-likeness (QED) is 0.473. The normalized spacial score (nSPS) is 10.9. The van der Waals surface area contributed by atoms with Crippen LogP contribution < -0.4 is 4.74 Å². The van der Waals surface area contributed by atoms with Crippen LogP contribution in [0.25, 0.3) is 10.8 Å². The molecule has 1 aromatic carbocycles. The molecule has 6 heteroatoms. The number of carbonyl (C=O) groups is 1. The van der Waals surface area contributed by atoms with Crippen molar-refractivity contribution in [2.75, 3.05) is 0 Å². The number of ether oxygens (including phenoxy) is 1. The lowest BCUT2D eigenvalue weighted by molar-refractivity contribution is 0.101. The number of ketones is 1. The predicted octanol–water partition coefficient (Wildman–Crippen LogP) is 5.07. The molecule has 2 aromatic heterocycles. The lowest BCUT2D eigenvalue weighted by atomic mass is 10.1. The minimum absolute atomic E-state index is 0.0485. The number of fused-ring (bicyclic) bond motifs is 1. The molecule has 3 rings (SSSR count). The summed E-state index contributed by atoms with van der Waals surface area (Å²) in [6, 6.07) is 7.83. The first-order valence-electron chi connectivity index (χ1n) is 6.68. The maximum Gasteiger partial charge on any atom is 0.241 e. The third-order valence-corrected chi connectivity index (χ3v) is 4.87. The molecule has 0 spiro atoms. The summed E-state index contributed by atoms with van der Waals surface area (Å²) in [6.45, 7) is 5.25. The molecule has 2 heterocycles. The Morgan fingerprint density at radius 2 is 1.86 bits per heavy atom. The van der Waals surface area contributed by atoms with E-state index < -0.39 is 0 Å². The molecule has 0 unspecified atom stereocenters. The fourth-order valence-corrected chi connectivity index (χ4v) is 3.59. The summed E-state index contributed by atoms with van der Waals surface area (Å²) >= 11 is 4.82. The zero-order valence-electron chi connectivity index (χ0n) is 12.3. The zero-order valence-corrected chi connectivity index (χ0v) is 14.7. The molecule has 0 atom stereocenters. The Kier molecular flexibility index (Phi) is 3.97. The highest BCUT2D eigenvalue weighted by Crippen LogP contribution is 2.37. The lowest BCUT2D eigenvalue weighted by Gasteiger charge is -2.11. The summed E-state index contributed by atoms with van der Waals surface area (Å²) < 4.78 is 6.76. The largest absolute Gasteiger partial charge is 0.435 e. The van der Waals surface area contributed by atoms with E-state index in [1.165, 1.54) is 18.3 Å². The van der Waals surface area contributed by atoms with Crippen molar-refractivity contribution in [2.45, 2.75) is 20.8 Å². The van der Waals surface area contributed by atoms with Crippen LogP contribution in [-0.4, -0.2) is 15.8 Å². The number of Topliss-reactive ketones (excluding diaryl/α,β-unsaturated/α-hetero) is 1. The molecule has 4 nitrogen and oxygen atoms in total. The Balaban J connectivity index is 2.18. The molecule has 0 aliphatic heterocycles. The number of rotatable bonds is 3. The number of pyridine rings is 1. The first-order valence-corrected chi connectivity index (χ1v) is 8.29. The van der Waals surface area contributed by atoms with E-state index in [1.807, 2.05) is 38.1 Å². The summed E-state index contributed by atoms with van der Waals surface area (Å²) in [5.74, 6) is 0.937. The Labute approximate surface area is 140 Å². The van der Waals surface area contributed by atoms with Crippen molar-refractivity contribution in [3.63, 3.8) is 0 Å². The van der Waals surface area contributed by atoms with E-state index in [4.69, 9.17) is 4.74 Å². The van der Waals surface area contributed by atoms with Crippen molar-refractivity contribution in [1.29, 1.82) is 0 Å². The van der Waals surface area contributed by atoms with Gasteiger partial charge in [-0.25, -0.2) is 9.97 Å². The first-order chi connectivity index (χ1) is 10.5. The molecule has 22 heavy (non-hydrogen) atoms. The van der Waals surface area contributed by atoms with E-state index in [1.54, 1.807) is 0 Å². The molecule has 0 fully saturated rings. The Hall–Kier alpha value is -1.79. The van der Waals surface area contributed by atoms with Gasteiger partial charge in [-0.1, -0.05) is 24.3 Å². The van der Waals surface area contributed by atoms with E-state index in [2.05, 4.69) is 25.9 Å². The van der Waals surface area contributed by atoms with E-state index in [0.29, 0.717) is 16.5 Å². The van der Waals surface area contributed by atoms with Crippen LogP contribution in [0.1, 0.15) is 27.3 Å². The van der Waals surface area contributed by atoms with E-state index >= 15 is 0 Å². The van der Waals surface area contributed by atoms with Gasteiger partial charge in [0.2, 0.25) is 5.88 Å². The zero-order chi connectivity index (χ0) is 15.9. The van der Waals surface area contributed by atoms with Gasteiger partial charge in [-0.05, 0) is 29.8 Å². The molecule has 0 saturated carbocycles. The smallest absolute Gasteiger partial charge is 0.241 e. The van der Waals surface area contributed by atoms with Gasteiger partial charge in [-0.2, -0.15) is 0 Å². The maximum atomic E-state index is 11.7. The molecule has 0 amide bonds. The molecule has 3 aromatic rings. The second kappa shape index (κ2) is 5.78. The van der Waals surface area contributed by atoms with Crippen molar-refractivity contribution in [3.8, 4) is 11.6 Å². The van der Waals surface area contributed by atoms with Crippen LogP contribution in [0.5, 0.6) is 11.6 Å². The van der Waals surface area contributed by atoms with E-state index in [-0.39, 0.29) is 5.78 Å². The Morgan fingerprint density at radius 1 is 1.18 bits per heavy atom. The van der Waals surface area contributed by atoms with E-state index in [0.717, 1.165) is 26.1 Å². The number of hydrogen-bond acceptors (Lipinski definition) is 5. The molecule has 112 valence electrons. The number of nitrogens with zero attached hydrogens (tertiary/aromatic N) is 2. The first kappa shape index (κ1) is 15.1. The van der Waals surface area contributed by atoms with Crippen LogP contribution in [0.2, 0.25) is 0 Å². The molecule has 0 N–H and O–H groups in total. The van der Waals surface area contributed by atoms with Crippen LogP contribution in [0.15, 0.2) is 28.9 Å². The topological polar surface area (TPSA) is 52.1 Å². The van der Waals surface area contributed by atoms with Crippen molar-refractivity contribution in [2.24, 2.45) is 0 Å². The third kappa shape index (κ3) is 2.64. The number of aryl methyl sites for hydroxylation is 2. The van der Waals surface area contributed by atoms with Crippen LogP contribution >= 0.6 is 27.3 Å². The van der Waals surface area contributed by atoms with Gasteiger partial charge in [0, 0.05) is 17.7 Å². The summed E-state index contributed by atoms with van der Waals surface area (Å²) in [4.78, 5) is 21.1. The van der Waals surface area contributed by atoms with E-state index in [9.17, 15) is 4.79 Å². The van der Waals surface area contributed by atoms with Crippen molar-refractivity contribution >= 4 is 43.8 Å². The lowest BCUT2D eigenvalue weighted by Crippen LogP contribution is -1.97. The fraction of sp³-hybridized carbons (Fsp3) is 0.188.